The summed E-state index contributed by atoms with van der Waals surface area (Å²) < 4.78 is 32.4. The largest absolute Gasteiger partial charge is 0.506 e. The van der Waals surface area contributed by atoms with Crippen molar-refractivity contribution in [3.8, 4) is 5.75 Å². The van der Waals surface area contributed by atoms with Gasteiger partial charge in [0.15, 0.2) is 11.6 Å². The van der Waals surface area contributed by atoms with Crippen LogP contribution in [-0.4, -0.2) is 25.8 Å². The van der Waals surface area contributed by atoms with Crippen LogP contribution in [0.5, 0.6) is 5.75 Å². The van der Waals surface area contributed by atoms with Crippen LogP contribution in [0.4, 0.5) is 5.69 Å². The molecular weight excluding hydrogens is 524 g/mol. The standard InChI is InChI=1S/C32H36N2O5S/c1-3-5-18-32(19-6-4-2)25-15-11-10-14-24(25)29(35)28(30(32)36)31-33-26-17-16-23(20-27(26)40(37,38)34-31)39-21-22-12-8-7-9-13-22/h7-17,20,35,37-38H,3-6,18-19,21H2,1-2H3,(H,33,34). The normalized spacial score (nSPS) is 17.8. The maximum atomic E-state index is 14.4. The predicted molar refractivity (Wildman–Crippen MR) is 161 cm³/mol. The molecule has 40 heavy (non-hydrogen) atoms. The Morgan fingerprint density at radius 2 is 1.60 bits per heavy atom. The van der Waals surface area contributed by atoms with Crippen LogP contribution in [0, 0.1) is 0 Å². The highest BCUT2D eigenvalue weighted by atomic mass is 32.3. The number of aliphatic hydroxyl groups excluding tert-OH is 1. The molecule has 8 heteroatoms. The number of fused-ring (bicyclic) bond motifs is 2. The van der Waals surface area contributed by atoms with Crippen LogP contribution in [0.2, 0.25) is 0 Å². The van der Waals surface area contributed by atoms with Crippen molar-refractivity contribution in [3.63, 3.8) is 0 Å². The number of Topliss-reactive ketones (excluding diaryl/α,β-unsaturated/α-hetero) is 1. The molecule has 7 nitrogen and oxygen atoms in total. The highest BCUT2D eigenvalue weighted by molar-refractivity contribution is 8.23. The lowest BCUT2D eigenvalue weighted by Gasteiger charge is -2.40. The predicted octanol–water partition coefficient (Wildman–Crippen LogP) is 8.28. The topological polar surface area (TPSA) is 111 Å². The zero-order valence-corrected chi connectivity index (χ0v) is 23.7. The summed E-state index contributed by atoms with van der Waals surface area (Å²) in [6.45, 7) is 4.52. The fraction of sp³-hybridized carbons (Fsp3) is 0.312. The molecule has 3 aromatic rings. The first kappa shape index (κ1) is 28.0. The minimum Gasteiger partial charge on any atom is -0.506 e. The number of hydrogen-bond acceptors (Lipinski definition) is 7. The summed E-state index contributed by atoms with van der Waals surface area (Å²) >= 11 is 0. The van der Waals surface area contributed by atoms with Gasteiger partial charge < -0.3 is 15.2 Å². The smallest absolute Gasteiger partial charge is 0.180 e. The highest BCUT2D eigenvalue weighted by Crippen LogP contribution is 2.57. The molecule has 1 heterocycles. The molecule has 1 aliphatic carbocycles. The zero-order chi connectivity index (χ0) is 28.3. The summed E-state index contributed by atoms with van der Waals surface area (Å²) in [4.78, 5) is 14.6. The Bertz CT molecular complexity index is 1460. The van der Waals surface area contributed by atoms with Gasteiger partial charge in [-0.3, -0.25) is 13.9 Å². The van der Waals surface area contributed by atoms with Crippen molar-refractivity contribution in [2.45, 2.75) is 69.3 Å². The zero-order valence-electron chi connectivity index (χ0n) is 22.9. The summed E-state index contributed by atoms with van der Waals surface area (Å²) in [6.07, 6.45) is 4.83. The Morgan fingerprint density at radius 3 is 2.30 bits per heavy atom. The SMILES string of the molecule is CCCCC1(CCCC)C(=O)C(C2=NS(O)(O)c3cc(OCc4ccccc4)ccc3N2)=C(O)c2ccccc21. The molecule has 0 unspecified atom stereocenters. The van der Waals surface area contributed by atoms with E-state index in [4.69, 9.17) is 4.74 Å². The molecule has 0 bridgehead atoms. The van der Waals surface area contributed by atoms with Crippen molar-refractivity contribution in [1.82, 2.24) is 0 Å². The molecule has 5 rings (SSSR count). The number of rotatable bonds is 10. The fourth-order valence-corrected chi connectivity index (χ4v) is 6.79. The van der Waals surface area contributed by atoms with Gasteiger partial charge in [-0.15, -0.1) is 4.40 Å². The number of unbranched alkanes of at least 4 members (excludes halogenated alkanes) is 2. The third kappa shape index (κ3) is 5.14. The third-order valence-corrected chi connectivity index (χ3v) is 9.08. The summed E-state index contributed by atoms with van der Waals surface area (Å²) in [5, 5.41) is 14.6. The van der Waals surface area contributed by atoms with Crippen molar-refractivity contribution in [2.24, 2.45) is 4.40 Å². The lowest BCUT2D eigenvalue weighted by molar-refractivity contribution is -0.121. The molecule has 4 N–H and O–H groups in total. The van der Waals surface area contributed by atoms with Gasteiger partial charge in [-0.25, -0.2) is 0 Å². The Kier molecular flexibility index (Phi) is 8.03. The average molecular weight is 561 g/mol. The van der Waals surface area contributed by atoms with Crippen LogP contribution in [0.15, 0.2) is 87.7 Å². The molecule has 2 aliphatic rings. The number of ether oxygens (including phenoxy) is 1. The van der Waals surface area contributed by atoms with Crippen LogP contribution in [0.3, 0.4) is 0 Å². The molecule has 0 spiro atoms. The molecule has 210 valence electrons. The van der Waals surface area contributed by atoms with Gasteiger partial charge in [-0.05, 0) is 36.1 Å². The molecule has 0 atom stereocenters. The van der Waals surface area contributed by atoms with Gasteiger partial charge in [-0.2, -0.15) is 0 Å². The first-order valence-corrected chi connectivity index (χ1v) is 15.4. The summed E-state index contributed by atoms with van der Waals surface area (Å²) in [5.74, 6) is 0.000916. The summed E-state index contributed by atoms with van der Waals surface area (Å²) in [7, 11) is -3.69. The van der Waals surface area contributed by atoms with Gasteiger partial charge >= 0.3 is 0 Å². The van der Waals surface area contributed by atoms with Crippen LogP contribution in [-0.2, 0) is 16.8 Å². The molecule has 3 aromatic carbocycles. The first-order valence-electron chi connectivity index (χ1n) is 13.8. The number of ketones is 1. The molecule has 0 aromatic heterocycles. The maximum absolute atomic E-state index is 14.4. The first-order chi connectivity index (χ1) is 19.3. The Morgan fingerprint density at radius 1 is 0.925 bits per heavy atom. The number of anilines is 1. The van der Waals surface area contributed by atoms with Gasteiger partial charge in [0.25, 0.3) is 0 Å². The van der Waals surface area contributed by atoms with Crippen molar-refractivity contribution in [1.29, 1.82) is 0 Å². The van der Waals surface area contributed by atoms with E-state index in [1.165, 1.54) is 0 Å². The fourth-order valence-electron chi connectivity index (χ4n) is 5.61. The molecule has 0 saturated heterocycles. The van der Waals surface area contributed by atoms with E-state index in [1.807, 2.05) is 54.6 Å². The van der Waals surface area contributed by atoms with Gasteiger partial charge in [0.1, 0.15) is 28.6 Å². The van der Waals surface area contributed by atoms with Crippen LogP contribution < -0.4 is 10.1 Å². The van der Waals surface area contributed by atoms with Gasteiger partial charge in [-0.1, -0.05) is 105 Å². The lowest BCUT2D eigenvalue weighted by atomic mass is 9.63. The number of carbonyl (C=O) groups is 1. The number of amidine groups is 1. The molecule has 0 saturated carbocycles. The van der Waals surface area contributed by atoms with E-state index in [0.29, 0.717) is 36.4 Å². The van der Waals surface area contributed by atoms with E-state index in [1.54, 1.807) is 18.2 Å². The quantitative estimate of drug-likeness (QED) is 0.199. The molecule has 1 aliphatic heterocycles. The number of carbonyl (C=O) groups excluding carboxylic acids is 1. The summed E-state index contributed by atoms with van der Waals surface area (Å²) in [5.41, 5.74) is 1.97. The number of aliphatic hydroxyl groups is 1. The molecule has 0 amide bonds. The van der Waals surface area contributed by atoms with Crippen molar-refractivity contribution in [3.05, 3.63) is 95.1 Å². The molecular formula is C32H36N2O5S. The van der Waals surface area contributed by atoms with Gasteiger partial charge in [0, 0.05) is 11.6 Å². The second kappa shape index (κ2) is 11.5. The summed E-state index contributed by atoms with van der Waals surface area (Å²) in [6, 6.07) is 22.1. The minimum absolute atomic E-state index is 0.000866. The second-order valence-corrected chi connectivity index (χ2v) is 12.1. The Hall–Kier alpha value is -3.59. The number of benzene rings is 3. The van der Waals surface area contributed by atoms with Crippen molar-refractivity contribution >= 4 is 33.8 Å². The highest BCUT2D eigenvalue weighted by Gasteiger charge is 2.48. The van der Waals surface area contributed by atoms with Crippen molar-refractivity contribution in [2.75, 3.05) is 5.32 Å². The number of nitrogens with one attached hydrogen (secondary N) is 1. The molecule has 0 radical (unpaired) electrons. The third-order valence-electron chi connectivity index (χ3n) is 7.72. The average Bonchev–Trinajstić information content (AvgIpc) is 2.96. The van der Waals surface area contributed by atoms with Gasteiger partial charge in [0.2, 0.25) is 0 Å². The number of nitrogens with zero attached hydrogens (tertiary/aromatic N) is 1. The van der Waals surface area contributed by atoms with Gasteiger partial charge in [0.05, 0.1) is 11.1 Å². The van der Waals surface area contributed by atoms with Crippen molar-refractivity contribution < 1.29 is 23.7 Å². The Labute approximate surface area is 237 Å². The van der Waals surface area contributed by atoms with Crippen LogP contribution in [0.25, 0.3) is 5.76 Å². The number of hydrogen-bond donors (Lipinski definition) is 4. The lowest BCUT2D eigenvalue weighted by Crippen LogP contribution is -2.44. The van der Waals surface area contributed by atoms with E-state index >= 15 is 0 Å². The second-order valence-electron chi connectivity index (χ2n) is 10.4. The minimum atomic E-state index is -3.69. The van der Waals surface area contributed by atoms with E-state index < -0.39 is 16.2 Å². The Balaban J connectivity index is 1.53. The molecule has 0 fully saturated rings. The maximum Gasteiger partial charge on any atom is 0.180 e. The van der Waals surface area contributed by atoms with E-state index in [-0.39, 0.29) is 27.8 Å². The van der Waals surface area contributed by atoms with Crippen LogP contribution >= 0.6 is 10.8 Å². The van der Waals surface area contributed by atoms with E-state index in [0.717, 1.165) is 36.8 Å². The van der Waals surface area contributed by atoms with E-state index in [9.17, 15) is 19.0 Å². The van der Waals surface area contributed by atoms with E-state index in [2.05, 4.69) is 23.6 Å². The monoisotopic (exact) mass is 560 g/mol. The van der Waals surface area contributed by atoms with Crippen LogP contribution in [0.1, 0.15) is 69.1 Å².